The van der Waals surface area contributed by atoms with Crippen molar-refractivity contribution in [3.8, 4) is 11.4 Å². The molecule has 0 bridgehead atoms. The van der Waals surface area contributed by atoms with Crippen LogP contribution in [0.5, 0.6) is 0 Å². The molecule has 0 atom stereocenters. The number of piperidine rings is 1. The maximum atomic E-state index is 13.2. The summed E-state index contributed by atoms with van der Waals surface area (Å²) >= 11 is 0. The molecule has 10 nitrogen and oxygen atoms in total. The number of nitrogens with zero attached hydrogens (tertiary/aromatic N) is 6. The Bertz CT molecular complexity index is 1830. The van der Waals surface area contributed by atoms with Gasteiger partial charge in [-0.25, -0.2) is 14.5 Å². The van der Waals surface area contributed by atoms with E-state index in [-0.39, 0.29) is 24.2 Å². The van der Waals surface area contributed by atoms with Gasteiger partial charge in [0.2, 0.25) is 0 Å². The third-order valence-corrected chi connectivity index (χ3v) is 8.54. The number of ketones is 1. The predicted molar refractivity (Wildman–Crippen MR) is 175 cm³/mol. The Morgan fingerprint density at radius 1 is 1.00 bits per heavy atom. The van der Waals surface area contributed by atoms with E-state index in [2.05, 4.69) is 22.1 Å². The van der Waals surface area contributed by atoms with E-state index in [0.717, 1.165) is 34.6 Å². The van der Waals surface area contributed by atoms with E-state index in [4.69, 9.17) is 10.1 Å². The van der Waals surface area contributed by atoms with Gasteiger partial charge in [0.05, 0.1) is 6.10 Å². The first-order valence-corrected chi connectivity index (χ1v) is 15.3. The number of hydrogen-bond donors (Lipinski definition) is 2. The van der Waals surface area contributed by atoms with Gasteiger partial charge in [-0.2, -0.15) is 0 Å². The molecule has 2 N–H and O–H groups in total. The summed E-state index contributed by atoms with van der Waals surface area (Å²) < 4.78 is 1.68. The second-order valence-corrected chi connectivity index (χ2v) is 11.5. The Morgan fingerprint density at radius 2 is 1.71 bits per heavy atom. The molecular formula is C35H37N7O3. The molecule has 6 rings (SSSR count). The summed E-state index contributed by atoms with van der Waals surface area (Å²) in [5.41, 5.74) is 6.34. The molecule has 1 saturated heterocycles. The first-order chi connectivity index (χ1) is 21.8. The van der Waals surface area contributed by atoms with E-state index < -0.39 is 0 Å². The fraction of sp³-hybridized carbons (Fsp3) is 0.286. The Balaban J connectivity index is 1.22. The van der Waals surface area contributed by atoms with Gasteiger partial charge in [0.25, 0.3) is 5.91 Å². The number of aliphatic hydroxyl groups is 1. The Kier molecular flexibility index (Phi) is 8.57. The van der Waals surface area contributed by atoms with Crippen LogP contribution >= 0.6 is 0 Å². The molecule has 0 saturated carbocycles. The highest BCUT2D eigenvalue weighted by Crippen LogP contribution is 2.28. The van der Waals surface area contributed by atoms with E-state index in [1.807, 2.05) is 68.6 Å². The predicted octanol–water partition coefficient (Wildman–Crippen LogP) is 5.32. The zero-order valence-electron chi connectivity index (χ0n) is 25.8. The quantitative estimate of drug-likeness (QED) is 0.218. The molecule has 10 heteroatoms. The molecule has 0 spiro atoms. The maximum absolute atomic E-state index is 13.2. The maximum Gasteiger partial charge on any atom is 0.253 e. The summed E-state index contributed by atoms with van der Waals surface area (Å²) in [7, 11) is 2.03. The van der Waals surface area contributed by atoms with Crippen molar-refractivity contribution in [1.82, 2.24) is 24.5 Å². The lowest BCUT2D eigenvalue weighted by Gasteiger charge is -2.29. The first kappa shape index (κ1) is 30.0. The zero-order valence-corrected chi connectivity index (χ0v) is 25.8. The molecule has 0 radical (unpaired) electrons. The molecule has 0 unspecified atom stereocenters. The summed E-state index contributed by atoms with van der Waals surface area (Å²) in [4.78, 5) is 39.4. The zero-order chi connectivity index (χ0) is 31.5. The van der Waals surface area contributed by atoms with Crippen LogP contribution in [0.15, 0.2) is 79.1 Å². The van der Waals surface area contributed by atoms with Gasteiger partial charge in [-0.15, -0.1) is 5.10 Å². The third-order valence-electron chi connectivity index (χ3n) is 8.54. The molecule has 1 amide bonds. The number of Topliss-reactive ketones (excluding diaryl/α,β-unsaturated/α-hetero) is 1. The molecule has 45 heavy (non-hydrogen) atoms. The molecule has 1 aliphatic rings. The van der Waals surface area contributed by atoms with Crippen LogP contribution in [0, 0.1) is 6.92 Å². The molecule has 2 aromatic heterocycles. The molecule has 1 fully saturated rings. The number of imidazole rings is 1. The van der Waals surface area contributed by atoms with Gasteiger partial charge in [-0.05, 0) is 86.3 Å². The Labute approximate surface area is 262 Å². The minimum Gasteiger partial charge on any atom is -0.393 e. The third kappa shape index (κ3) is 6.41. The van der Waals surface area contributed by atoms with Crippen molar-refractivity contribution in [1.29, 1.82) is 0 Å². The molecule has 5 aromatic rings. The lowest BCUT2D eigenvalue weighted by atomic mass is 9.95. The molecule has 1 aliphatic heterocycles. The van der Waals surface area contributed by atoms with E-state index >= 15 is 0 Å². The van der Waals surface area contributed by atoms with Crippen molar-refractivity contribution in [3.05, 3.63) is 101 Å². The lowest BCUT2D eigenvalue weighted by molar-refractivity contribution is 0.0546. The van der Waals surface area contributed by atoms with Crippen LogP contribution in [0.1, 0.15) is 51.6 Å². The van der Waals surface area contributed by atoms with Gasteiger partial charge in [0.15, 0.2) is 23.1 Å². The van der Waals surface area contributed by atoms with E-state index in [1.54, 1.807) is 33.9 Å². The highest BCUT2D eigenvalue weighted by atomic mass is 16.3. The van der Waals surface area contributed by atoms with Crippen molar-refractivity contribution in [2.24, 2.45) is 0 Å². The lowest BCUT2D eigenvalue weighted by Crippen LogP contribution is -2.40. The average Bonchev–Trinajstić information content (AvgIpc) is 3.55. The highest BCUT2D eigenvalue weighted by molar-refractivity contribution is 5.98. The number of anilines is 3. The van der Waals surface area contributed by atoms with Crippen molar-refractivity contribution < 1.29 is 14.7 Å². The highest BCUT2D eigenvalue weighted by Gasteiger charge is 2.22. The Hall–Kier alpha value is -5.09. The van der Waals surface area contributed by atoms with Crippen molar-refractivity contribution in [2.75, 3.05) is 36.9 Å². The van der Waals surface area contributed by atoms with Crippen LogP contribution in [-0.4, -0.2) is 74.1 Å². The van der Waals surface area contributed by atoms with Crippen LogP contribution in [0.3, 0.4) is 0 Å². The topological polar surface area (TPSA) is 116 Å². The normalized spacial score (nSPS) is 13.6. The first-order valence-electron chi connectivity index (χ1n) is 15.3. The average molecular weight is 604 g/mol. The number of nitrogens with one attached hydrogen (secondary N) is 1. The number of aromatic nitrogens is 4. The van der Waals surface area contributed by atoms with Crippen molar-refractivity contribution in [3.63, 3.8) is 0 Å². The second kappa shape index (κ2) is 12.9. The minimum absolute atomic E-state index is 0.0385. The van der Waals surface area contributed by atoms with Gasteiger partial charge in [0, 0.05) is 73.6 Å². The molecular weight excluding hydrogens is 566 g/mol. The molecule has 3 aromatic carbocycles. The number of amides is 1. The Morgan fingerprint density at radius 3 is 2.42 bits per heavy atom. The number of benzene rings is 3. The summed E-state index contributed by atoms with van der Waals surface area (Å²) in [6.45, 7) is 6.08. The van der Waals surface area contributed by atoms with E-state index in [1.165, 1.54) is 0 Å². The number of carbonyl (C=O) groups excluding carboxylic acids is 2. The van der Waals surface area contributed by atoms with Gasteiger partial charge in [-0.3, -0.25) is 9.59 Å². The fourth-order valence-corrected chi connectivity index (χ4v) is 5.59. The SMILES string of the molecule is CCN(C)c1ccc(C(=O)Cc2cccc(-c3nc(Nc4ccc(C(=O)N5CCC(O)CC5)cc4)c4nccn4n3)c2C)cc1. The summed E-state index contributed by atoms with van der Waals surface area (Å²) in [6, 6.07) is 20.9. The van der Waals surface area contributed by atoms with Crippen LogP contribution in [0.4, 0.5) is 17.2 Å². The number of fused-ring (bicyclic) bond motifs is 1. The number of aliphatic hydroxyl groups excluding tert-OH is 1. The molecule has 3 heterocycles. The molecule has 0 aliphatic carbocycles. The van der Waals surface area contributed by atoms with Crippen LogP contribution < -0.4 is 10.2 Å². The fourth-order valence-electron chi connectivity index (χ4n) is 5.59. The van der Waals surface area contributed by atoms with Crippen LogP contribution in [0.25, 0.3) is 17.0 Å². The van der Waals surface area contributed by atoms with Gasteiger partial charge >= 0.3 is 0 Å². The van der Waals surface area contributed by atoms with Gasteiger partial charge in [-0.1, -0.05) is 18.2 Å². The van der Waals surface area contributed by atoms with Gasteiger partial charge in [0.1, 0.15) is 0 Å². The second-order valence-electron chi connectivity index (χ2n) is 11.5. The van der Waals surface area contributed by atoms with E-state index in [9.17, 15) is 14.7 Å². The number of carbonyl (C=O) groups is 2. The largest absolute Gasteiger partial charge is 0.393 e. The molecule has 230 valence electrons. The van der Waals surface area contributed by atoms with Crippen molar-refractivity contribution >= 4 is 34.5 Å². The summed E-state index contributed by atoms with van der Waals surface area (Å²) in [6.07, 6.45) is 4.58. The number of hydrogen-bond acceptors (Lipinski definition) is 8. The van der Waals surface area contributed by atoms with E-state index in [0.29, 0.717) is 54.3 Å². The summed E-state index contributed by atoms with van der Waals surface area (Å²) in [5, 5.41) is 17.8. The monoisotopic (exact) mass is 603 g/mol. The standard InChI is InChI=1S/C35H37N7O3/c1-4-40(3)28-14-10-24(11-15-28)31(44)22-26-6-5-7-30(23(26)2)32-38-33(34-36-18-21-42(34)39-32)37-27-12-8-25(9-13-27)35(45)41-19-16-29(43)17-20-41/h5-15,18,21,29,43H,4,16-17,19-20,22H2,1-3H3,(H,37,38,39). The van der Waals surface area contributed by atoms with Gasteiger partial charge < -0.3 is 20.2 Å². The number of likely N-dealkylation sites (tertiary alicyclic amines) is 1. The van der Waals surface area contributed by atoms with Crippen LogP contribution in [-0.2, 0) is 6.42 Å². The van der Waals surface area contributed by atoms with Crippen molar-refractivity contribution in [2.45, 2.75) is 39.2 Å². The number of rotatable bonds is 9. The summed E-state index contributed by atoms with van der Waals surface area (Å²) in [5.74, 6) is 1.03. The van der Waals surface area contributed by atoms with Crippen LogP contribution in [0.2, 0.25) is 0 Å². The minimum atomic E-state index is -0.331. The smallest absolute Gasteiger partial charge is 0.253 e.